The molecule has 7 heteroatoms. The first-order valence-corrected chi connectivity index (χ1v) is 8.11. The van der Waals surface area contributed by atoms with E-state index in [1.54, 1.807) is 25.1 Å². The third-order valence-corrected chi connectivity index (χ3v) is 4.94. The Morgan fingerprint density at radius 3 is 2.45 bits per heavy atom. The van der Waals surface area contributed by atoms with Crippen LogP contribution in [-0.4, -0.2) is 21.0 Å². The van der Waals surface area contributed by atoms with Crippen molar-refractivity contribution in [2.24, 2.45) is 11.7 Å². The van der Waals surface area contributed by atoms with Crippen molar-refractivity contribution in [2.45, 2.75) is 38.1 Å². The zero-order chi connectivity index (χ0) is 14.6. The molecule has 0 fully saturated rings. The Hall–Kier alpha value is -0.330. The lowest BCUT2D eigenvalue weighted by Crippen LogP contribution is -2.41. The van der Waals surface area contributed by atoms with E-state index in [1.807, 2.05) is 13.8 Å². The third kappa shape index (κ3) is 5.22. The van der Waals surface area contributed by atoms with Crippen molar-refractivity contribution in [1.82, 2.24) is 4.72 Å². The van der Waals surface area contributed by atoms with Gasteiger partial charge in [-0.25, -0.2) is 13.1 Å². The molecular formula is C13H22Cl2N2O2S. The molecule has 1 atom stereocenters. The number of nitrogens with one attached hydrogen (secondary N) is 1. The highest BCUT2D eigenvalue weighted by Crippen LogP contribution is 2.23. The highest BCUT2D eigenvalue weighted by atomic mass is 35.5. The summed E-state index contributed by atoms with van der Waals surface area (Å²) in [5.74, 6) is 0.372. The van der Waals surface area contributed by atoms with Crippen molar-refractivity contribution in [3.8, 4) is 0 Å². The molecule has 1 unspecified atom stereocenters. The van der Waals surface area contributed by atoms with Gasteiger partial charge in [-0.15, -0.1) is 12.4 Å². The molecule has 0 saturated carbocycles. The zero-order valence-electron chi connectivity index (χ0n) is 11.9. The number of sulfonamides is 1. The summed E-state index contributed by atoms with van der Waals surface area (Å²) in [4.78, 5) is 0.210. The van der Waals surface area contributed by atoms with Gasteiger partial charge in [0.2, 0.25) is 10.0 Å². The molecule has 0 amide bonds. The van der Waals surface area contributed by atoms with Gasteiger partial charge in [0.25, 0.3) is 0 Å². The van der Waals surface area contributed by atoms with Gasteiger partial charge in [-0.3, -0.25) is 0 Å². The van der Waals surface area contributed by atoms with E-state index in [0.29, 0.717) is 22.9 Å². The van der Waals surface area contributed by atoms with Crippen LogP contribution < -0.4 is 10.5 Å². The molecule has 0 aliphatic rings. The van der Waals surface area contributed by atoms with Gasteiger partial charge in [-0.05, 0) is 37.0 Å². The first-order valence-electron chi connectivity index (χ1n) is 6.25. The minimum Gasteiger partial charge on any atom is -0.329 e. The molecule has 0 bridgehead atoms. The van der Waals surface area contributed by atoms with Crippen molar-refractivity contribution in [1.29, 1.82) is 0 Å². The van der Waals surface area contributed by atoms with Crippen LogP contribution >= 0.6 is 24.0 Å². The Morgan fingerprint density at radius 2 is 1.95 bits per heavy atom. The molecule has 0 aromatic heterocycles. The second-order valence-electron chi connectivity index (χ2n) is 5.05. The third-order valence-electron chi connectivity index (χ3n) is 2.87. The molecule has 0 heterocycles. The minimum atomic E-state index is -3.58. The fourth-order valence-corrected chi connectivity index (χ4v) is 3.68. The number of hydrogen-bond acceptors (Lipinski definition) is 3. The van der Waals surface area contributed by atoms with E-state index in [0.717, 1.165) is 0 Å². The number of benzene rings is 1. The maximum atomic E-state index is 12.3. The second-order valence-corrected chi connectivity index (χ2v) is 7.14. The van der Waals surface area contributed by atoms with Crippen LogP contribution in [0, 0.1) is 12.8 Å². The van der Waals surface area contributed by atoms with E-state index in [2.05, 4.69) is 4.72 Å². The lowest BCUT2D eigenvalue weighted by atomic mass is 10.1. The van der Waals surface area contributed by atoms with Crippen LogP contribution in [0.2, 0.25) is 5.02 Å². The molecule has 0 radical (unpaired) electrons. The molecule has 0 aliphatic carbocycles. The molecular weight excluding hydrogens is 319 g/mol. The smallest absolute Gasteiger partial charge is 0.241 e. The Bertz CT molecular complexity index is 533. The van der Waals surface area contributed by atoms with Crippen molar-refractivity contribution in [3.05, 3.63) is 28.8 Å². The molecule has 20 heavy (non-hydrogen) atoms. The van der Waals surface area contributed by atoms with Crippen molar-refractivity contribution in [2.75, 3.05) is 6.54 Å². The quantitative estimate of drug-likeness (QED) is 0.836. The van der Waals surface area contributed by atoms with E-state index in [1.165, 1.54) is 0 Å². The van der Waals surface area contributed by atoms with Gasteiger partial charge in [0.1, 0.15) is 0 Å². The van der Waals surface area contributed by atoms with Gasteiger partial charge in [-0.2, -0.15) is 0 Å². The molecule has 0 spiro atoms. The average molecular weight is 341 g/mol. The standard InChI is InChI=1S/C13H21ClN2O2S.ClH/c1-9(2)7-11(8-15)16-19(17,18)13-6-4-5-12(14)10(13)3;/h4-6,9,11,16H,7-8,15H2,1-3H3;1H. The van der Waals surface area contributed by atoms with Gasteiger partial charge < -0.3 is 5.73 Å². The average Bonchev–Trinajstić information content (AvgIpc) is 2.30. The van der Waals surface area contributed by atoms with Gasteiger partial charge in [0.05, 0.1) is 4.90 Å². The summed E-state index contributed by atoms with van der Waals surface area (Å²) in [6, 6.07) is 4.59. The molecule has 1 aromatic carbocycles. The molecule has 0 saturated heterocycles. The van der Waals surface area contributed by atoms with E-state index in [4.69, 9.17) is 17.3 Å². The van der Waals surface area contributed by atoms with Crippen LogP contribution in [0.3, 0.4) is 0 Å². The van der Waals surface area contributed by atoms with Crippen LogP contribution in [0.5, 0.6) is 0 Å². The first kappa shape index (κ1) is 19.7. The molecule has 1 rings (SSSR count). The number of halogens is 2. The Morgan fingerprint density at radius 1 is 1.35 bits per heavy atom. The Kier molecular flexibility index (Phi) is 8.06. The molecule has 1 aromatic rings. The number of nitrogens with two attached hydrogens (primary N) is 1. The zero-order valence-corrected chi connectivity index (χ0v) is 14.3. The van der Waals surface area contributed by atoms with Crippen LogP contribution in [0.15, 0.2) is 23.1 Å². The number of rotatable bonds is 6. The Labute approximate surface area is 132 Å². The maximum Gasteiger partial charge on any atom is 0.241 e. The van der Waals surface area contributed by atoms with Gasteiger partial charge >= 0.3 is 0 Å². The summed E-state index contributed by atoms with van der Waals surface area (Å²) in [6.45, 7) is 6.02. The highest BCUT2D eigenvalue weighted by Gasteiger charge is 2.22. The SMILES string of the molecule is Cc1c(Cl)cccc1S(=O)(=O)NC(CN)CC(C)C.Cl. The van der Waals surface area contributed by atoms with Crippen molar-refractivity contribution in [3.63, 3.8) is 0 Å². The summed E-state index contributed by atoms with van der Waals surface area (Å²) in [6.07, 6.45) is 0.704. The highest BCUT2D eigenvalue weighted by molar-refractivity contribution is 7.89. The summed E-state index contributed by atoms with van der Waals surface area (Å²) in [7, 11) is -3.58. The van der Waals surface area contributed by atoms with E-state index in [-0.39, 0.29) is 29.9 Å². The monoisotopic (exact) mass is 340 g/mol. The van der Waals surface area contributed by atoms with Crippen LogP contribution in [0.4, 0.5) is 0 Å². The largest absolute Gasteiger partial charge is 0.329 e. The summed E-state index contributed by atoms with van der Waals surface area (Å²) in [5.41, 5.74) is 6.17. The van der Waals surface area contributed by atoms with Crippen LogP contribution in [-0.2, 0) is 10.0 Å². The second kappa shape index (κ2) is 8.20. The van der Waals surface area contributed by atoms with E-state index in [9.17, 15) is 8.42 Å². The summed E-state index contributed by atoms with van der Waals surface area (Å²) < 4.78 is 27.3. The van der Waals surface area contributed by atoms with Crippen molar-refractivity contribution < 1.29 is 8.42 Å². The predicted molar refractivity (Wildman–Crippen MR) is 86.1 cm³/mol. The van der Waals surface area contributed by atoms with Gasteiger partial charge in [-0.1, -0.05) is 31.5 Å². The molecule has 3 N–H and O–H groups in total. The van der Waals surface area contributed by atoms with Crippen LogP contribution in [0.1, 0.15) is 25.8 Å². The topological polar surface area (TPSA) is 72.2 Å². The fourth-order valence-electron chi connectivity index (χ4n) is 1.92. The Balaban J connectivity index is 0.00000361. The predicted octanol–water partition coefficient (Wildman–Crippen LogP) is 2.72. The van der Waals surface area contributed by atoms with Gasteiger partial charge in [0.15, 0.2) is 0 Å². The fraction of sp³-hybridized carbons (Fsp3) is 0.538. The lowest BCUT2D eigenvalue weighted by Gasteiger charge is -2.19. The molecule has 116 valence electrons. The summed E-state index contributed by atoms with van der Waals surface area (Å²) in [5, 5.41) is 0.441. The van der Waals surface area contributed by atoms with E-state index < -0.39 is 10.0 Å². The minimum absolute atomic E-state index is 0. The molecule has 4 nitrogen and oxygen atoms in total. The maximum absolute atomic E-state index is 12.3. The first-order chi connectivity index (χ1) is 8.77. The lowest BCUT2D eigenvalue weighted by molar-refractivity contribution is 0.465. The number of hydrogen-bond donors (Lipinski definition) is 2. The normalized spacial score (nSPS) is 13.1. The summed E-state index contributed by atoms with van der Waals surface area (Å²) >= 11 is 5.96. The van der Waals surface area contributed by atoms with Crippen molar-refractivity contribution >= 4 is 34.0 Å². The van der Waals surface area contributed by atoms with Gasteiger partial charge in [0, 0.05) is 17.6 Å². The van der Waals surface area contributed by atoms with E-state index >= 15 is 0 Å². The van der Waals surface area contributed by atoms with Crippen LogP contribution in [0.25, 0.3) is 0 Å². The molecule has 0 aliphatic heterocycles.